The van der Waals surface area contributed by atoms with E-state index in [9.17, 15) is 13.6 Å². The molecule has 0 aliphatic heterocycles. The van der Waals surface area contributed by atoms with Crippen LogP contribution in [0.15, 0.2) is 46.9 Å². The van der Waals surface area contributed by atoms with E-state index in [1.54, 1.807) is 24.3 Å². The van der Waals surface area contributed by atoms with Crippen LogP contribution in [0, 0.1) is 0 Å². The number of anilines is 1. The van der Waals surface area contributed by atoms with Gasteiger partial charge in [0.1, 0.15) is 0 Å². The van der Waals surface area contributed by atoms with Crippen LogP contribution in [0.3, 0.4) is 0 Å². The minimum atomic E-state index is -3.06. The zero-order valence-electron chi connectivity index (χ0n) is 11.5. The number of hydrogen-bond acceptors (Lipinski definition) is 3. The van der Waals surface area contributed by atoms with Gasteiger partial charge >= 0.3 is 6.61 Å². The van der Waals surface area contributed by atoms with Gasteiger partial charge in [-0.25, -0.2) is 0 Å². The Morgan fingerprint density at radius 1 is 1.18 bits per heavy atom. The molecule has 0 aliphatic rings. The lowest BCUT2D eigenvalue weighted by atomic mass is 10.1. The van der Waals surface area contributed by atoms with Gasteiger partial charge in [-0.2, -0.15) is 8.78 Å². The lowest BCUT2D eigenvalue weighted by Gasteiger charge is -2.14. The zero-order valence-corrected chi connectivity index (χ0v) is 13.1. The van der Waals surface area contributed by atoms with Crippen LogP contribution in [0.1, 0.15) is 10.4 Å². The number of benzene rings is 2. The molecule has 2 aromatic rings. The SMILES string of the molecule is COc1cccc(C(=O)Nc2ccccc2Br)c1OC(F)F. The highest BCUT2D eigenvalue weighted by atomic mass is 79.9. The molecule has 2 rings (SSSR count). The van der Waals surface area contributed by atoms with Crippen molar-refractivity contribution in [3.05, 3.63) is 52.5 Å². The Balaban J connectivity index is 2.35. The van der Waals surface area contributed by atoms with Crippen LogP contribution in [0.4, 0.5) is 14.5 Å². The highest BCUT2D eigenvalue weighted by Crippen LogP contribution is 2.33. The molecule has 7 heteroatoms. The van der Waals surface area contributed by atoms with E-state index in [2.05, 4.69) is 26.0 Å². The molecule has 1 N–H and O–H groups in total. The number of para-hydroxylation sites is 2. The third-order valence-corrected chi connectivity index (χ3v) is 3.46. The molecule has 0 aliphatic carbocycles. The molecule has 2 aromatic carbocycles. The number of amides is 1. The Morgan fingerprint density at radius 3 is 2.55 bits per heavy atom. The van der Waals surface area contributed by atoms with Crippen molar-refractivity contribution in [1.82, 2.24) is 0 Å². The largest absolute Gasteiger partial charge is 0.493 e. The predicted molar refractivity (Wildman–Crippen MR) is 81.7 cm³/mol. The summed E-state index contributed by atoms with van der Waals surface area (Å²) in [5.41, 5.74) is 0.466. The average molecular weight is 372 g/mol. The molecule has 0 heterocycles. The van der Waals surface area contributed by atoms with Gasteiger partial charge < -0.3 is 14.8 Å². The quantitative estimate of drug-likeness (QED) is 0.851. The number of nitrogens with one attached hydrogen (secondary N) is 1. The van der Waals surface area contributed by atoms with Gasteiger partial charge in [0.2, 0.25) is 0 Å². The molecule has 0 spiro atoms. The molecule has 0 radical (unpaired) electrons. The van der Waals surface area contributed by atoms with E-state index in [4.69, 9.17) is 4.74 Å². The van der Waals surface area contributed by atoms with Gasteiger partial charge in [-0.15, -0.1) is 0 Å². The van der Waals surface area contributed by atoms with Crippen molar-refractivity contribution in [2.24, 2.45) is 0 Å². The maximum absolute atomic E-state index is 12.6. The molecule has 116 valence electrons. The molecule has 0 unspecified atom stereocenters. The van der Waals surface area contributed by atoms with E-state index in [0.717, 1.165) is 0 Å². The normalized spacial score (nSPS) is 10.4. The number of hydrogen-bond donors (Lipinski definition) is 1. The molecule has 0 fully saturated rings. The van der Waals surface area contributed by atoms with Crippen molar-refractivity contribution in [3.8, 4) is 11.5 Å². The van der Waals surface area contributed by atoms with Gasteiger partial charge in [-0.05, 0) is 40.2 Å². The standard InChI is InChI=1S/C15H12BrF2NO3/c1-21-12-8-4-5-9(13(12)22-15(17)18)14(20)19-11-7-3-2-6-10(11)16/h2-8,15H,1H3,(H,19,20). The summed E-state index contributed by atoms with van der Waals surface area (Å²) in [6.07, 6.45) is 0. The van der Waals surface area contributed by atoms with Crippen LogP contribution in [0.5, 0.6) is 11.5 Å². The number of alkyl halides is 2. The summed E-state index contributed by atoms with van der Waals surface area (Å²) in [5, 5.41) is 2.63. The first-order valence-electron chi connectivity index (χ1n) is 6.20. The van der Waals surface area contributed by atoms with Crippen LogP contribution >= 0.6 is 15.9 Å². The molecule has 22 heavy (non-hydrogen) atoms. The number of ether oxygens (including phenoxy) is 2. The van der Waals surface area contributed by atoms with Crippen LogP contribution in [0.2, 0.25) is 0 Å². The molecule has 0 atom stereocenters. The first-order valence-corrected chi connectivity index (χ1v) is 7.00. The summed E-state index contributed by atoms with van der Waals surface area (Å²) in [5.74, 6) is -0.828. The zero-order chi connectivity index (χ0) is 16.1. The van der Waals surface area contributed by atoms with E-state index in [-0.39, 0.29) is 17.1 Å². The second kappa shape index (κ2) is 7.22. The van der Waals surface area contributed by atoms with Crippen molar-refractivity contribution < 1.29 is 23.0 Å². The monoisotopic (exact) mass is 371 g/mol. The summed E-state index contributed by atoms with van der Waals surface area (Å²) >= 11 is 3.29. The van der Waals surface area contributed by atoms with Crippen molar-refractivity contribution in [1.29, 1.82) is 0 Å². The summed E-state index contributed by atoms with van der Waals surface area (Å²) < 4.78 is 35.2. The first kappa shape index (κ1) is 16.2. The average Bonchev–Trinajstić information content (AvgIpc) is 2.49. The second-order valence-electron chi connectivity index (χ2n) is 4.15. The van der Waals surface area contributed by atoms with Gasteiger partial charge in [0.25, 0.3) is 5.91 Å². The van der Waals surface area contributed by atoms with E-state index >= 15 is 0 Å². The summed E-state index contributed by atoms with van der Waals surface area (Å²) in [7, 11) is 1.31. The Morgan fingerprint density at radius 2 is 1.91 bits per heavy atom. The Bertz CT molecular complexity index is 680. The molecule has 0 saturated carbocycles. The smallest absolute Gasteiger partial charge is 0.387 e. The molecule has 0 saturated heterocycles. The number of methoxy groups -OCH3 is 1. The highest BCUT2D eigenvalue weighted by molar-refractivity contribution is 9.10. The van der Waals surface area contributed by atoms with Gasteiger partial charge in [0.05, 0.1) is 18.4 Å². The molecule has 0 aromatic heterocycles. The van der Waals surface area contributed by atoms with E-state index in [1.807, 2.05) is 0 Å². The summed E-state index contributed by atoms with van der Waals surface area (Å²) in [6.45, 7) is -3.06. The number of carbonyl (C=O) groups excluding carboxylic acids is 1. The van der Waals surface area contributed by atoms with Crippen LogP contribution in [-0.4, -0.2) is 19.6 Å². The van der Waals surface area contributed by atoms with Gasteiger partial charge in [0.15, 0.2) is 11.5 Å². The van der Waals surface area contributed by atoms with Crippen molar-refractivity contribution in [3.63, 3.8) is 0 Å². The molecular weight excluding hydrogens is 360 g/mol. The van der Waals surface area contributed by atoms with Crippen LogP contribution in [0.25, 0.3) is 0 Å². The fourth-order valence-electron chi connectivity index (χ4n) is 1.82. The topological polar surface area (TPSA) is 47.6 Å². The summed E-state index contributed by atoms with van der Waals surface area (Å²) in [6, 6.07) is 11.3. The van der Waals surface area contributed by atoms with Crippen molar-refractivity contribution in [2.75, 3.05) is 12.4 Å². The fourth-order valence-corrected chi connectivity index (χ4v) is 2.20. The predicted octanol–water partition coefficient (Wildman–Crippen LogP) is 4.31. The second-order valence-corrected chi connectivity index (χ2v) is 5.00. The van der Waals surface area contributed by atoms with Crippen molar-refractivity contribution >= 4 is 27.5 Å². The van der Waals surface area contributed by atoms with Gasteiger partial charge in [-0.1, -0.05) is 18.2 Å². The number of rotatable bonds is 5. The third-order valence-electron chi connectivity index (χ3n) is 2.77. The number of halogens is 3. The molecule has 1 amide bonds. The van der Waals surface area contributed by atoms with Crippen LogP contribution in [-0.2, 0) is 0 Å². The summed E-state index contributed by atoms with van der Waals surface area (Å²) in [4.78, 5) is 12.3. The number of carbonyl (C=O) groups is 1. The fraction of sp³-hybridized carbons (Fsp3) is 0.133. The van der Waals surface area contributed by atoms with Crippen molar-refractivity contribution in [2.45, 2.75) is 6.61 Å². The Labute approximate surface area is 134 Å². The van der Waals surface area contributed by atoms with E-state index in [1.165, 1.54) is 25.3 Å². The first-order chi connectivity index (χ1) is 10.5. The maximum Gasteiger partial charge on any atom is 0.387 e. The third kappa shape index (κ3) is 3.73. The van der Waals surface area contributed by atoms with Crippen LogP contribution < -0.4 is 14.8 Å². The Hall–Kier alpha value is -2.15. The minimum absolute atomic E-state index is 0.0459. The van der Waals surface area contributed by atoms with Gasteiger partial charge in [0, 0.05) is 4.47 Å². The van der Waals surface area contributed by atoms with E-state index in [0.29, 0.717) is 10.2 Å². The highest BCUT2D eigenvalue weighted by Gasteiger charge is 2.20. The Kier molecular flexibility index (Phi) is 5.32. The molecule has 0 bridgehead atoms. The van der Waals surface area contributed by atoms with E-state index < -0.39 is 12.5 Å². The lowest BCUT2D eigenvalue weighted by Crippen LogP contribution is -2.16. The molecule has 4 nitrogen and oxygen atoms in total. The lowest BCUT2D eigenvalue weighted by molar-refractivity contribution is -0.0515. The minimum Gasteiger partial charge on any atom is -0.493 e. The van der Waals surface area contributed by atoms with Gasteiger partial charge in [-0.3, -0.25) is 4.79 Å². The molecular formula is C15H12BrF2NO3. The maximum atomic E-state index is 12.6.